The van der Waals surface area contributed by atoms with Gasteiger partial charge in [0.25, 0.3) is 5.91 Å². The van der Waals surface area contributed by atoms with Gasteiger partial charge < -0.3 is 20.1 Å². The van der Waals surface area contributed by atoms with Crippen LogP contribution in [0.2, 0.25) is 0 Å². The standard InChI is InChI=1S/C30H37FN6O4/c1-20(2)15-26-30(39)32-9-11-36(18-21-3-5-27-22(16-21)8-13-40-27)10-7-24-19-37(35-34-24)12-14-41-28-6-4-23(31)17-25(28)29(38)33-26/h3-6,16-17,19-20,26H,7-15,18H2,1-2H3,(H,32,39)(H,33,38)/t26-/m1/s1. The molecular weight excluding hydrogens is 527 g/mol. The third-order valence-electron chi connectivity index (χ3n) is 7.25. The van der Waals surface area contributed by atoms with E-state index in [0.717, 1.165) is 30.5 Å². The zero-order valence-electron chi connectivity index (χ0n) is 23.6. The van der Waals surface area contributed by atoms with Crippen LogP contribution in [0.3, 0.4) is 0 Å². The van der Waals surface area contributed by atoms with Gasteiger partial charge in [-0.2, -0.15) is 0 Å². The Labute approximate surface area is 239 Å². The highest BCUT2D eigenvalue weighted by Crippen LogP contribution is 2.26. The number of rotatable bonds is 4. The van der Waals surface area contributed by atoms with Crippen LogP contribution in [-0.4, -0.2) is 70.6 Å². The fraction of sp³-hybridized carbons (Fsp3) is 0.467. The molecule has 2 bridgehead atoms. The van der Waals surface area contributed by atoms with Gasteiger partial charge in [-0.15, -0.1) is 5.10 Å². The van der Waals surface area contributed by atoms with E-state index in [0.29, 0.717) is 45.6 Å². The largest absolute Gasteiger partial charge is 0.493 e. The van der Waals surface area contributed by atoms with Crippen molar-refractivity contribution in [3.63, 3.8) is 0 Å². The van der Waals surface area contributed by atoms with Crippen LogP contribution >= 0.6 is 0 Å². The summed E-state index contributed by atoms with van der Waals surface area (Å²) in [5.74, 6) is -0.0619. The molecule has 1 atom stereocenters. The molecule has 0 aliphatic carbocycles. The molecule has 2 N–H and O–H groups in total. The minimum atomic E-state index is -0.771. The van der Waals surface area contributed by atoms with Crippen LogP contribution in [0.25, 0.3) is 0 Å². The third-order valence-corrected chi connectivity index (χ3v) is 7.25. The van der Waals surface area contributed by atoms with Gasteiger partial charge in [0.2, 0.25) is 5.91 Å². The Bertz CT molecular complexity index is 1380. The summed E-state index contributed by atoms with van der Waals surface area (Å²) in [6.45, 7) is 7.74. The van der Waals surface area contributed by atoms with Crippen LogP contribution in [0.4, 0.5) is 4.39 Å². The number of carbonyl (C=O) groups is 2. The number of nitrogens with one attached hydrogen (secondary N) is 2. The Morgan fingerprint density at radius 3 is 2.71 bits per heavy atom. The molecule has 2 aliphatic rings. The first-order valence-corrected chi connectivity index (χ1v) is 14.2. The smallest absolute Gasteiger partial charge is 0.255 e. The zero-order chi connectivity index (χ0) is 28.8. The number of hydrogen-bond acceptors (Lipinski definition) is 7. The number of aromatic nitrogens is 3. The molecule has 2 aromatic carbocycles. The van der Waals surface area contributed by atoms with Gasteiger partial charge in [-0.1, -0.05) is 31.2 Å². The molecule has 11 heteroatoms. The summed E-state index contributed by atoms with van der Waals surface area (Å²) in [7, 11) is 0. The predicted octanol–water partition coefficient (Wildman–Crippen LogP) is 2.75. The number of amides is 2. The van der Waals surface area contributed by atoms with Crippen LogP contribution in [0.15, 0.2) is 42.6 Å². The normalized spacial score (nSPS) is 18.8. The SMILES string of the molecule is CC(C)C[C@H]1NC(=O)c2cc(F)ccc2OCCn2cc(nn2)CCN(Cc2ccc3c(c2)CCO3)CCNC1=O. The second-order valence-electron chi connectivity index (χ2n) is 11.0. The van der Waals surface area contributed by atoms with E-state index in [-0.39, 0.29) is 29.7 Å². The minimum Gasteiger partial charge on any atom is -0.493 e. The fourth-order valence-electron chi connectivity index (χ4n) is 5.16. The monoisotopic (exact) mass is 564 g/mol. The lowest BCUT2D eigenvalue weighted by Gasteiger charge is -2.24. The van der Waals surface area contributed by atoms with Crippen molar-refractivity contribution in [1.29, 1.82) is 0 Å². The second kappa shape index (κ2) is 13.1. The topological polar surface area (TPSA) is 111 Å². The Morgan fingerprint density at radius 2 is 1.85 bits per heavy atom. The molecule has 218 valence electrons. The Balaban J connectivity index is 1.35. The van der Waals surface area contributed by atoms with Crippen molar-refractivity contribution in [3.8, 4) is 11.5 Å². The van der Waals surface area contributed by atoms with E-state index in [4.69, 9.17) is 9.47 Å². The summed E-state index contributed by atoms with van der Waals surface area (Å²) in [5, 5.41) is 14.3. The van der Waals surface area contributed by atoms with E-state index in [1.807, 2.05) is 26.1 Å². The lowest BCUT2D eigenvalue weighted by molar-refractivity contribution is -0.123. The number of hydrogen-bond donors (Lipinski definition) is 2. The number of ether oxygens (including phenoxy) is 2. The lowest BCUT2D eigenvalue weighted by Crippen LogP contribution is -2.49. The number of fused-ring (bicyclic) bond motifs is 4. The third kappa shape index (κ3) is 7.60. The highest BCUT2D eigenvalue weighted by atomic mass is 19.1. The number of halogens is 1. The molecule has 5 rings (SSSR count). The summed E-state index contributed by atoms with van der Waals surface area (Å²) in [6, 6.07) is 9.33. The molecule has 0 unspecified atom stereocenters. The first-order chi connectivity index (χ1) is 19.8. The molecule has 0 fully saturated rings. The molecule has 3 heterocycles. The van der Waals surface area contributed by atoms with Crippen molar-refractivity contribution in [2.45, 2.75) is 52.2 Å². The maximum Gasteiger partial charge on any atom is 0.255 e. The Morgan fingerprint density at radius 1 is 1.02 bits per heavy atom. The quantitative estimate of drug-likeness (QED) is 0.502. The van der Waals surface area contributed by atoms with Gasteiger partial charge in [0.15, 0.2) is 0 Å². The van der Waals surface area contributed by atoms with Crippen molar-refractivity contribution in [2.24, 2.45) is 5.92 Å². The van der Waals surface area contributed by atoms with Gasteiger partial charge in [-0.3, -0.25) is 14.5 Å². The first-order valence-electron chi connectivity index (χ1n) is 14.2. The van der Waals surface area contributed by atoms with Crippen molar-refractivity contribution in [3.05, 3.63) is 70.8 Å². The molecule has 0 saturated heterocycles. The number of nitrogens with zero attached hydrogens (tertiary/aromatic N) is 4. The van der Waals surface area contributed by atoms with E-state index in [9.17, 15) is 14.0 Å². The molecule has 2 amide bonds. The van der Waals surface area contributed by atoms with Crippen molar-refractivity contribution >= 4 is 11.8 Å². The van der Waals surface area contributed by atoms with E-state index in [1.165, 1.54) is 23.3 Å². The van der Waals surface area contributed by atoms with E-state index < -0.39 is 17.8 Å². The molecule has 2 aliphatic heterocycles. The Kier molecular flexibility index (Phi) is 9.13. The fourth-order valence-corrected chi connectivity index (χ4v) is 5.16. The van der Waals surface area contributed by atoms with Crippen LogP contribution in [0.5, 0.6) is 11.5 Å². The minimum absolute atomic E-state index is 0.0397. The summed E-state index contributed by atoms with van der Waals surface area (Å²) >= 11 is 0. The number of carbonyl (C=O) groups excluding carboxylic acids is 2. The van der Waals surface area contributed by atoms with Crippen molar-refractivity contribution < 1.29 is 23.5 Å². The highest BCUT2D eigenvalue weighted by molar-refractivity contribution is 5.99. The van der Waals surface area contributed by atoms with Gasteiger partial charge in [-0.25, -0.2) is 9.07 Å². The second-order valence-corrected chi connectivity index (χ2v) is 11.0. The molecule has 41 heavy (non-hydrogen) atoms. The van der Waals surface area contributed by atoms with Gasteiger partial charge >= 0.3 is 0 Å². The van der Waals surface area contributed by atoms with Crippen molar-refractivity contribution in [2.75, 3.05) is 32.8 Å². The van der Waals surface area contributed by atoms with Gasteiger partial charge in [0, 0.05) is 45.2 Å². The summed E-state index contributed by atoms with van der Waals surface area (Å²) in [4.78, 5) is 28.8. The molecule has 0 radical (unpaired) electrons. The maximum atomic E-state index is 14.1. The molecule has 3 aromatic rings. The van der Waals surface area contributed by atoms with Crippen LogP contribution in [-0.2, 0) is 30.7 Å². The van der Waals surface area contributed by atoms with E-state index in [2.05, 4.69) is 38.0 Å². The average Bonchev–Trinajstić information content (AvgIpc) is 3.60. The summed E-state index contributed by atoms with van der Waals surface area (Å²) in [6.07, 6.45) is 3.92. The number of benzene rings is 2. The van der Waals surface area contributed by atoms with Crippen LogP contribution in [0, 0.1) is 11.7 Å². The van der Waals surface area contributed by atoms with E-state index in [1.54, 1.807) is 4.68 Å². The predicted molar refractivity (Wildman–Crippen MR) is 150 cm³/mol. The average molecular weight is 565 g/mol. The van der Waals surface area contributed by atoms with Crippen LogP contribution < -0.4 is 20.1 Å². The molecule has 0 saturated carbocycles. The van der Waals surface area contributed by atoms with Gasteiger partial charge in [-0.05, 0) is 47.7 Å². The molecular formula is C30H37FN6O4. The molecule has 10 nitrogen and oxygen atoms in total. The van der Waals surface area contributed by atoms with Gasteiger partial charge in [0.05, 0.1) is 24.4 Å². The Hall–Kier alpha value is -3.99. The first kappa shape index (κ1) is 28.5. The highest BCUT2D eigenvalue weighted by Gasteiger charge is 2.25. The van der Waals surface area contributed by atoms with Crippen molar-refractivity contribution in [1.82, 2.24) is 30.5 Å². The zero-order valence-corrected chi connectivity index (χ0v) is 23.6. The summed E-state index contributed by atoms with van der Waals surface area (Å²) < 4.78 is 27.3. The maximum absolute atomic E-state index is 14.1. The van der Waals surface area contributed by atoms with Crippen LogP contribution in [0.1, 0.15) is 47.4 Å². The summed E-state index contributed by atoms with van der Waals surface area (Å²) in [5.41, 5.74) is 3.29. The van der Waals surface area contributed by atoms with E-state index >= 15 is 0 Å². The molecule has 1 aromatic heterocycles. The molecule has 0 spiro atoms. The lowest BCUT2D eigenvalue weighted by atomic mass is 10.0. The van der Waals surface area contributed by atoms with Gasteiger partial charge in [0.1, 0.15) is 30.0 Å².